The number of amides is 1. The average molecular weight is 289 g/mol. The van der Waals surface area contributed by atoms with E-state index in [9.17, 15) is 4.79 Å². The first kappa shape index (κ1) is 14.0. The number of likely N-dealkylation sites (tertiary alicyclic amines) is 1. The summed E-state index contributed by atoms with van der Waals surface area (Å²) in [5.41, 5.74) is 2.62. The van der Waals surface area contributed by atoms with Crippen LogP contribution in [0.15, 0.2) is 24.3 Å². The van der Waals surface area contributed by atoms with Gasteiger partial charge in [-0.3, -0.25) is 4.79 Å². The molecule has 3 rings (SSSR count). The highest BCUT2D eigenvalue weighted by Gasteiger charge is 2.34. The van der Waals surface area contributed by atoms with Gasteiger partial charge in [-0.15, -0.1) is 11.8 Å². The number of hydrogen-bond donors (Lipinski definition) is 0. The second-order valence-corrected chi connectivity index (χ2v) is 7.49. The van der Waals surface area contributed by atoms with Crippen LogP contribution in [0.4, 0.5) is 0 Å². The molecule has 1 aromatic carbocycles. The van der Waals surface area contributed by atoms with Gasteiger partial charge in [0, 0.05) is 13.1 Å². The quantitative estimate of drug-likeness (QED) is 0.830. The smallest absolute Gasteiger partial charge is 0.240 e. The van der Waals surface area contributed by atoms with Crippen LogP contribution in [0.25, 0.3) is 0 Å². The molecule has 2 aliphatic heterocycles. The molecule has 0 aromatic heterocycles. The molecule has 0 unspecified atom stereocenters. The van der Waals surface area contributed by atoms with E-state index >= 15 is 0 Å². The van der Waals surface area contributed by atoms with Crippen molar-refractivity contribution in [2.24, 2.45) is 11.8 Å². The Morgan fingerprint density at radius 1 is 1.35 bits per heavy atom. The Bertz CT molecular complexity index is 500. The number of benzene rings is 1. The largest absolute Gasteiger partial charge is 0.341 e. The van der Waals surface area contributed by atoms with Crippen molar-refractivity contribution in [3.8, 4) is 0 Å². The highest BCUT2D eigenvalue weighted by atomic mass is 32.2. The topological polar surface area (TPSA) is 20.3 Å². The van der Waals surface area contributed by atoms with Crippen molar-refractivity contribution >= 4 is 17.7 Å². The molecule has 0 N–H and O–H groups in total. The van der Waals surface area contributed by atoms with E-state index in [2.05, 4.69) is 43.0 Å². The van der Waals surface area contributed by atoms with Crippen molar-refractivity contribution in [2.75, 3.05) is 18.8 Å². The number of thioether (sulfide) groups is 1. The number of aryl methyl sites for hydroxylation is 1. The summed E-state index contributed by atoms with van der Waals surface area (Å²) in [6, 6.07) is 8.46. The molecular formula is C17H23NOS. The monoisotopic (exact) mass is 289 g/mol. The minimum atomic E-state index is 0.0332. The number of carbonyl (C=O) groups is 1. The van der Waals surface area contributed by atoms with Crippen LogP contribution in [-0.4, -0.2) is 29.6 Å². The number of hydrogen-bond acceptors (Lipinski definition) is 2. The molecule has 2 atom stereocenters. The Morgan fingerprint density at radius 2 is 2.15 bits per heavy atom. The van der Waals surface area contributed by atoms with Crippen LogP contribution < -0.4 is 0 Å². The van der Waals surface area contributed by atoms with E-state index in [-0.39, 0.29) is 5.25 Å². The van der Waals surface area contributed by atoms with Crippen LogP contribution in [0.3, 0.4) is 0 Å². The average Bonchev–Trinajstić information content (AvgIpc) is 2.96. The summed E-state index contributed by atoms with van der Waals surface area (Å²) in [7, 11) is 0. The third-order valence-corrected chi connectivity index (χ3v) is 5.93. The van der Waals surface area contributed by atoms with E-state index in [1.165, 1.54) is 17.5 Å². The van der Waals surface area contributed by atoms with Crippen molar-refractivity contribution in [2.45, 2.75) is 31.9 Å². The molecule has 0 saturated carbocycles. The Kier molecular flexibility index (Phi) is 4.06. The van der Waals surface area contributed by atoms with Gasteiger partial charge in [0.25, 0.3) is 0 Å². The molecule has 0 spiro atoms. The van der Waals surface area contributed by atoms with Crippen LogP contribution in [0.2, 0.25) is 0 Å². The fourth-order valence-corrected chi connectivity index (χ4v) is 4.57. The van der Waals surface area contributed by atoms with Crippen LogP contribution in [0.1, 0.15) is 36.6 Å². The second-order valence-electron chi connectivity index (χ2n) is 6.28. The lowest BCUT2D eigenvalue weighted by atomic mass is 9.95. The van der Waals surface area contributed by atoms with Gasteiger partial charge in [0.1, 0.15) is 5.25 Å². The molecule has 1 saturated heterocycles. The number of fused-ring (bicyclic) bond motifs is 1. The second kappa shape index (κ2) is 5.80. The molecule has 0 radical (unpaired) electrons. The zero-order valence-electron chi connectivity index (χ0n) is 12.3. The number of carbonyl (C=O) groups excluding carboxylic acids is 1. The van der Waals surface area contributed by atoms with Crippen molar-refractivity contribution in [3.63, 3.8) is 0 Å². The Balaban J connectivity index is 1.76. The molecule has 108 valence electrons. The molecule has 2 aliphatic rings. The number of rotatable bonds is 2. The van der Waals surface area contributed by atoms with Gasteiger partial charge in [0.05, 0.1) is 0 Å². The lowest BCUT2D eigenvalue weighted by molar-refractivity contribution is -0.129. The van der Waals surface area contributed by atoms with E-state index in [4.69, 9.17) is 0 Å². The molecule has 1 aromatic rings. The maximum atomic E-state index is 12.8. The third-order valence-electron chi connectivity index (χ3n) is 4.70. The van der Waals surface area contributed by atoms with Gasteiger partial charge in [-0.1, -0.05) is 38.1 Å². The molecule has 1 amide bonds. The summed E-state index contributed by atoms with van der Waals surface area (Å²) in [6.07, 6.45) is 2.27. The van der Waals surface area contributed by atoms with Gasteiger partial charge in [0.2, 0.25) is 5.91 Å². The Labute approximate surface area is 125 Å². The zero-order chi connectivity index (χ0) is 14.1. The molecule has 2 nitrogen and oxygen atoms in total. The van der Waals surface area contributed by atoms with Crippen molar-refractivity contribution in [1.29, 1.82) is 0 Å². The van der Waals surface area contributed by atoms with Gasteiger partial charge in [-0.05, 0) is 41.6 Å². The molecule has 3 heteroatoms. The zero-order valence-corrected chi connectivity index (χ0v) is 13.2. The highest BCUT2D eigenvalue weighted by molar-refractivity contribution is 8.00. The minimum Gasteiger partial charge on any atom is -0.341 e. The lowest BCUT2D eigenvalue weighted by Crippen LogP contribution is -2.34. The fourth-order valence-electron chi connectivity index (χ4n) is 3.30. The molecule has 1 fully saturated rings. The maximum Gasteiger partial charge on any atom is 0.240 e. The molecule has 2 heterocycles. The van der Waals surface area contributed by atoms with E-state index in [1.807, 2.05) is 11.8 Å². The molecule has 0 bridgehead atoms. The Hall–Kier alpha value is -0.960. The SMILES string of the molecule is CC(C)[C@@H]1CCN(C(=O)[C@H]2SCCc3ccccc32)C1. The first-order valence-electron chi connectivity index (χ1n) is 7.65. The van der Waals surface area contributed by atoms with Crippen LogP contribution in [0.5, 0.6) is 0 Å². The summed E-state index contributed by atoms with van der Waals surface area (Å²) in [5.74, 6) is 2.77. The highest BCUT2D eigenvalue weighted by Crippen LogP contribution is 2.39. The lowest BCUT2D eigenvalue weighted by Gasteiger charge is -2.28. The van der Waals surface area contributed by atoms with E-state index in [0.29, 0.717) is 17.7 Å². The maximum absolute atomic E-state index is 12.8. The van der Waals surface area contributed by atoms with Crippen molar-refractivity contribution in [1.82, 2.24) is 4.90 Å². The normalized spacial score (nSPS) is 25.9. The first-order chi connectivity index (χ1) is 9.66. The van der Waals surface area contributed by atoms with Gasteiger partial charge in [-0.2, -0.15) is 0 Å². The van der Waals surface area contributed by atoms with E-state index in [1.54, 1.807) is 0 Å². The van der Waals surface area contributed by atoms with E-state index < -0.39 is 0 Å². The summed E-state index contributed by atoms with van der Waals surface area (Å²) in [6.45, 7) is 6.43. The van der Waals surface area contributed by atoms with Crippen molar-refractivity contribution < 1.29 is 4.79 Å². The predicted octanol–water partition coefficient (Wildman–Crippen LogP) is 3.52. The summed E-state index contributed by atoms with van der Waals surface area (Å²) in [4.78, 5) is 14.9. The third kappa shape index (κ3) is 2.60. The van der Waals surface area contributed by atoms with Crippen molar-refractivity contribution in [3.05, 3.63) is 35.4 Å². The Morgan fingerprint density at radius 3 is 2.90 bits per heavy atom. The summed E-state index contributed by atoms with van der Waals surface area (Å²) in [5, 5.41) is 0.0332. The standard InChI is InChI=1S/C17H23NOS/c1-12(2)14-7-9-18(11-14)17(19)16-15-6-4-3-5-13(15)8-10-20-16/h3-6,12,14,16H,7-11H2,1-2H3/t14-,16+/m1/s1. The van der Waals surface area contributed by atoms with Crippen LogP contribution in [-0.2, 0) is 11.2 Å². The molecule has 0 aliphatic carbocycles. The van der Waals surface area contributed by atoms with Crippen LogP contribution in [0, 0.1) is 11.8 Å². The summed E-state index contributed by atoms with van der Waals surface area (Å²) >= 11 is 1.82. The predicted molar refractivity (Wildman–Crippen MR) is 84.9 cm³/mol. The van der Waals surface area contributed by atoms with Crippen LogP contribution >= 0.6 is 11.8 Å². The van der Waals surface area contributed by atoms with Gasteiger partial charge in [-0.25, -0.2) is 0 Å². The van der Waals surface area contributed by atoms with Gasteiger partial charge < -0.3 is 4.90 Å². The van der Waals surface area contributed by atoms with E-state index in [0.717, 1.165) is 25.3 Å². The van der Waals surface area contributed by atoms with Gasteiger partial charge in [0.15, 0.2) is 0 Å². The number of nitrogens with zero attached hydrogens (tertiary/aromatic N) is 1. The molecular weight excluding hydrogens is 266 g/mol. The van der Waals surface area contributed by atoms with Gasteiger partial charge >= 0.3 is 0 Å². The molecule has 20 heavy (non-hydrogen) atoms. The minimum absolute atomic E-state index is 0.0332. The summed E-state index contributed by atoms with van der Waals surface area (Å²) < 4.78 is 0. The fraction of sp³-hybridized carbons (Fsp3) is 0.588. The first-order valence-corrected chi connectivity index (χ1v) is 8.70.